The van der Waals surface area contributed by atoms with Crippen LogP contribution in [0.25, 0.3) is 0 Å². The summed E-state index contributed by atoms with van der Waals surface area (Å²) in [4.78, 5) is 25.6. The van der Waals surface area contributed by atoms with Crippen molar-refractivity contribution in [3.8, 4) is 0 Å². The molecule has 1 saturated carbocycles. The minimum atomic E-state index is -0.622. The van der Waals surface area contributed by atoms with E-state index >= 15 is 0 Å². The van der Waals surface area contributed by atoms with Crippen molar-refractivity contribution in [2.45, 2.75) is 25.7 Å². The number of hydrogen-bond acceptors (Lipinski definition) is 6. The number of primary amides is 1. The second-order valence-corrected chi connectivity index (χ2v) is 6.41. The maximum Gasteiger partial charge on any atom is 0.343 e. The second kappa shape index (κ2) is 6.34. The van der Waals surface area contributed by atoms with Gasteiger partial charge in [-0.3, -0.25) is 4.79 Å². The van der Waals surface area contributed by atoms with Crippen molar-refractivity contribution in [3.05, 3.63) is 10.4 Å². The number of methoxy groups -OCH3 is 1. The van der Waals surface area contributed by atoms with Crippen LogP contribution in [0.1, 0.15) is 45.7 Å². The lowest BCUT2D eigenvalue weighted by Gasteiger charge is -2.22. The van der Waals surface area contributed by atoms with Crippen LogP contribution in [0.2, 0.25) is 0 Å². The number of anilines is 2. The molecule has 7 heteroatoms. The third-order valence-electron chi connectivity index (χ3n) is 3.89. The number of hydrogen-bond donors (Lipinski definition) is 2. The highest BCUT2D eigenvalue weighted by atomic mass is 32.1. The molecule has 1 aromatic rings. The highest BCUT2D eigenvalue weighted by molar-refractivity contribution is 7.19. The fourth-order valence-corrected chi connectivity index (χ4v) is 3.88. The van der Waals surface area contributed by atoms with Crippen molar-refractivity contribution in [1.82, 2.24) is 0 Å². The first-order chi connectivity index (χ1) is 9.95. The van der Waals surface area contributed by atoms with E-state index in [1.165, 1.54) is 32.8 Å². The van der Waals surface area contributed by atoms with Crippen molar-refractivity contribution in [3.63, 3.8) is 0 Å². The minimum absolute atomic E-state index is 0.118. The molecule has 6 nitrogen and oxygen atoms in total. The van der Waals surface area contributed by atoms with E-state index in [0.29, 0.717) is 10.9 Å². The summed E-state index contributed by atoms with van der Waals surface area (Å²) in [6.45, 7) is 0.835. The van der Waals surface area contributed by atoms with Gasteiger partial charge in [0.25, 0.3) is 5.91 Å². The van der Waals surface area contributed by atoms with Crippen LogP contribution in [0.4, 0.5) is 10.7 Å². The van der Waals surface area contributed by atoms with E-state index in [9.17, 15) is 9.59 Å². The number of thiophene rings is 1. The molecule has 2 rings (SSSR count). The van der Waals surface area contributed by atoms with E-state index in [0.717, 1.165) is 17.9 Å². The Morgan fingerprint density at radius 1 is 1.38 bits per heavy atom. The summed E-state index contributed by atoms with van der Waals surface area (Å²) in [5.74, 6) is -0.548. The van der Waals surface area contributed by atoms with E-state index in [4.69, 9.17) is 16.2 Å². The maximum atomic E-state index is 12.0. The van der Waals surface area contributed by atoms with Gasteiger partial charge in [0.05, 0.1) is 12.8 Å². The first-order valence-electron chi connectivity index (χ1n) is 6.97. The van der Waals surface area contributed by atoms with Crippen LogP contribution in [0.5, 0.6) is 0 Å². The highest BCUT2D eigenvalue weighted by Gasteiger charge is 2.28. The Hall–Kier alpha value is -1.76. The van der Waals surface area contributed by atoms with Gasteiger partial charge in [0.2, 0.25) is 0 Å². The van der Waals surface area contributed by atoms with Crippen LogP contribution < -0.4 is 16.4 Å². The van der Waals surface area contributed by atoms with Gasteiger partial charge in [-0.15, -0.1) is 11.3 Å². The number of carbonyl (C=O) groups excluding carboxylic acids is 2. The lowest BCUT2D eigenvalue weighted by molar-refractivity contribution is 0.0603. The smallest absolute Gasteiger partial charge is 0.343 e. The number of nitrogen functional groups attached to an aromatic ring is 1. The molecule has 21 heavy (non-hydrogen) atoms. The normalized spacial score (nSPS) is 15.1. The molecule has 1 aliphatic carbocycles. The summed E-state index contributed by atoms with van der Waals surface area (Å²) in [5, 5.41) is 0.653. The zero-order valence-electron chi connectivity index (χ0n) is 12.3. The Morgan fingerprint density at radius 3 is 2.52 bits per heavy atom. The van der Waals surface area contributed by atoms with Crippen LogP contribution >= 0.6 is 11.3 Å². The molecule has 4 N–H and O–H groups in total. The molecule has 0 saturated heterocycles. The Bertz CT molecular complexity index is 550. The molecule has 1 aromatic heterocycles. The molecule has 0 atom stereocenters. The first-order valence-corrected chi connectivity index (χ1v) is 7.78. The molecule has 0 radical (unpaired) electrons. The molecular weight excluding hydrogens is 290 g/mol. The van der Waals surface area contributed by atoms with Crippen molar-refractivity contribution in [1.29, 1.82) is 0 Å². The summed E-state index contributed by atoms with van der Waals surface area (Å²) in [5.41, 5.74) is 11.6. The molecule has 0 aromatic carbocycles. The monoisotopic (exact) mass is 311 g/mol. The van der Waals surface area contributed by atoms with Crippen LogP contribution in [-0.2, 0) is 4.74 Å². The molecule has 1 heterocycles. The zero-order chi connectivity index (χ0) is 15.6. The van der Waals surface area contributed by atoms with E-state index in [1.54, 1.807) is 0 Å². The number of ether oxygens (including phenoxy) is 1. The van der Waals surface area contributed by atoms with Crippen molar-refractivity contribution < 1.29 is 14.3 Å². The average Bonchev–Trinajstić information content (AvgIpc) is 3.05. The maximum absolute atomic E-state index is 12.0. The van der Waals surface area contributed by atoms with Gasteiger partial charge in [-0.25, -0.2) is 4.79 Å². The van der Waals surface area contributed by atoms with Crippen LogP contribution in [0.15, 0.2) is 0 Å². The number of carbonyl (C=O) groups is 2. The van der Waals surface area contributed by atoms with Crippen molar-refractivity contribution in [2.75, 3.05) is 31.3 Å². The zero-order valence-corrected chi connectivity index (χ0v) is 13.2. The van der Waals surface area contributed by atoms with Crippen molar-refractivity contribution >= 4 is 33.9 Å². The van der Waals surface area contributed by atoms with Gasteiger partial charge in [-0.1, -0.05) is 12.8 Å². The van der Waals surface area contributed by atoms with E-state index in [-0.39, 0.29) is 16.1 Å². The molecule has 1 fully saturated rings. The fourth-order valence-electron chi connectivity index (χ4n) is 2.85. The summed E-state index contributed by atoms with van der Waals surface area (Å²) < 4.78 is 4.78. The van der Waals surface area contributed by atoms with Gasteiger partial charge >= 0.3 is 5.97 Å². The van der Waals surface area contributed by atoms with Gasteiger partial charge in [-0.05, 0) is 18.8 Å². The Labute approximate surface area is 128 Å². The second-order valence-electron chi connectivity index (χ2n) is 5.41. The van der Waals surface area contributed by atoms with Crippen LogP contribution in [0, 0.1) is 5.92 Å². The standard InChI is InChI=1S/C14H21N3O3S/c1-17(7-8-5-3-4-6-8)13-9(14(19)20-2)10(15)11(21-13)12(16)18/h8H,3-7,15H2,1-2H3,(H2,16,18). The van der Waals surface area contributed by atoms with Gasteiger partial charge < -0.3 is 21.1 Å². The number of nitrogens with zero attached hydrogens (tertiary/aromatic N) is 1. The fraction of sp³-hybridized carbons (Fsp3) is 0.571. The Kier molecular flexibility index (Phi) is 4.72. The van der Waals surface area contributed by atoms with Gasteiger partial charge in [-0.2, -0.15) is 0 Å². The summed E-state index contributed by atoms with van der Waals surface area (Å²) >= 11 is 1.15. The molecule has 0 bridgehead atoms. The van der Waals surface area contributed by atoms with E-state index in [1.807, 2.05) is 11.9 Å². The van der Waals surface area contributed by atoms with Crippen LogP contribution in [0.3, 0.4) is 0 Å². The predicted molar refractivity (Wildman–Crippen MR) is 83.8 cm³/mol. The van der Waals surface area contributed by atoms with Gasteiger partial charge in [0.15, 0.2) is 0 Å². The molecule has 116 valence electrons. The third kappa shape index (κ3) is 3.12. The largest absolute Gasteiger partial charge is 0.465 e. The quantitative estimate of drug-likeness (QED) is 0.808. The third-order valence-corrected chi connectivity index (χ3v) is 5.23. The summed E-state index contributed by atoms with van der Waals surface area (Å²) in [7, 11) is 3.20. The predicted octanol–water partition coefficient (Wildman–Crippen LogP) is 1.84. The SMILES string of the molecule is COC(=O)c1c(N(C)CC2CCCC2)sc(C(N)=O)c1N. The lowest BCUT2D eigenvalue weighted by Crippen LogP contribution is -2.25. The summed E-state index contributed by atoms with van der Waals surface area (Å²) in [6.07, 6.45) is 4.89. The molecule has 0 unspecified atom stereocenters. The van der Waals surface area contributed by atoms with Crippen LogP contribution in [-0.4, -0.2) is 32.6 Å². The average molecular weight is 311 g/mol. The topological polar surface area (TPSA) is 98.6 Å². The molecule has 1 aliphatic rings. The molecule has 0 spiro atoms. The minimum Gasteiger partial charge on any atom is -0.465 e. The number of esters is 1. The Balaban J connectivity index is 2.33. The molecular formula is C14H21N3O3S. The lowest BCUT2D eigenvalue weighted by atomic mass is 10.1. The summed E-state index contributed by atoms with van der Waals surface area (Å²) in [6, 6.07) is 0. The number of amides is 1. The highest BCUT2D eigenvalue weighted by Crippen LogP contribution is 2.39. The van der Waals surface area contributed by atoms with E-state index in [2.05, 4.69) is 0 Å². The first kappa shape index (κ1) is 15.6. The number of nitrogens with two attached hydrogens (primary N) is 2. The van der Waals surface area contributed by atoms with Crippen molar-refractivity contribution in [2.24, 2.45) is 11.7 Å². The molecule has 1 amide bonds. The Morgan fingerprint density at radius 2 is 2.00 bits per heavy atom. The van der Waals surface area contributed by atoms with Gasteiger partial charge in [0.1, 0.15) is 15.4 Å². The van der Waals surface area contributed by atoms with E-state index < -0.39 is 11.9 Å². The number of rotatable bonds is 5. The molecule has 0 aliphatic heterocycles. The van der Waals surface area contributed by atoms with Gasteiger partial charge in [0, 0.05) is 13.6 Å².